The lowest BCUT2D eigenvalue weighted by atomic mass is 10.2. The third-order valence-electron chi connectivity index (χ3n) is 2.19. The third-order valence-corrected chi connectivity index (χ3v) is 2.19. The van der Waals surface area contributed by atoms with E-state index in [-0.39, 0.29) is 0 Å². The molecule has 68 valence electrons. The van der Waals surface area contributed by atoms with E-state index in [1.807, 2.05) is 25.6 Å². The molecule has 1 heterocycles. The molecule has 1 N–H and O–H groups in total. The molecular formula is C8H16N4. The van der Waals surface area contributed by atoms with Crippen LogP contribution >= 0.6 is 0 Å². The molecule has 0 amide bonds. The van der Waals surface area contributed by atoms with Gasteiger partial charge in [-0.25, -0.2) is 0 Å². The highest BCUT2D eigenvalue weighted by atomic mass is 15.3. The summed E-state index contributed by atoms with van der Waals surface area (Å²) in [5.74, 6) is 1.97. The van der Waals surface area contributed by atoms with Gasteiger partial charge in [-0.1, -0.05) is 6.92 Å². The topological polar surface area (TPSA) is 42.7 Å². The first-order valence-corrected chi connectivity index (χ1v) is 4.23. The van der Waals surface area contributed by atoms with Crippen LogP contribution in [0.4, 0.5) is 0 Å². The summed E-state index contributed by atoms with van der Waals surface area (Å²) in [7, 11) is 3.93. The minimum absolute atomic E-state index is 0.316. The summed E-state index contributed by atoms with van der Waals surface area (Å²) in [5, 5.41) is 11.3. The largest absolute Gasteiger partial charge is 0.317 e. The van der Waals surface area contributed by atoms with Crippen LogP contribution in [-0.2, 0) is 7.05 Å². The van der Waals surface area contributed by atoms with Crippen molar-refractivity contribution >= 4 is 0 Å². The average molecular weight is 168 g/mol. The average Bonchev–Trinajstić information content (AvgIpc) is 2.38. The Labute approximate surface area is 73.0 Å². The van der Waals surface area contributed by atoms with E-state index >= 15 is 0 Å². The van der Waals surface area contributed by atoms with Crippen LogP contribution in [0.1, 0.15) is 31.0 Å². The molecule has 1 atom stereocenters. The zero-order chi connectivity index (χ0) is 9.14. The maximum Gasteiger partial charge on any atom is 0.149 e. The number of aryl methyl sites for hydroxylation is 1. The van der Waals surface area contributed by atoms with Crippen molar-refractivity contribution in [3.8, 4) is 0 Å². The minimum atomic E-state index is 0.316. The number of rotatable bonds is 3. The van der Waals surface area contributed by atoms with Crippen molar-refractivity contribution in [1.82, 2.24) is 20.1 Å². The lowest BCUT2D eigenvalue weighted by Crippen LogP contribution is -2.19. The Morgan fingerprint density at radius 2 is 2.17 bits per heavy atom. The second-order valence-corrected chi connectivity index (χ2v) is 2.91. The molecule has 4 heteroatoms. The molecule has 0 aliphatic carbocycles. The second-order valence-electron chi connectivity index (χ2n) is 2.91. The molecule has 0 aromatic carbocycles. The predicted molar refractivity (Wildman–Crippen MR) is 47.8 cm³/mol. The van der Waals surface area contributed by atoms with Crippen molar-refractivity contribution in [2.45, 2.75) is 26.3 Å². The lowest BCUT2D eigenvalue weighted by Gasteiger charge is -2.12. The summed E-state index contributed by atoms with van der Waals surface area (Å²) in [6.07, 6.45) is 1.03. The highest BCUT2D eigenvalue weighted by molar-refractivity contribution is 4.98. The normalized spacial score (nSPS) is 13.3. The van der Waals surface area contributed by atoms with Crippen LogP contribution in [0.3, 0.4) is 0 Å². The van der Waals surface area contributed by atoms with Gasteiger partial charge in [0.1, 0.15) is 11.6 Å². The molecule has 0 bridgehead atoms. The lowest BCUT2D eigenvalue weighted by molar-refractivity contribution is 0.523. The summed E-state index contributed by atoms with van der Waals surface area (Å²) in [4.78, 5) is 0. The molecular weight excluding hydrogens is 152 g/mol. The van der Waals surface area contributed by atoms with Gasteiger partial charge < -0.3 is 9.88 Å². The second kappa shape index (κ2) is 3.67. The Balaban J connectivity index is 2.93. The Morgan fingerprint density at radius 3 is 2.50 bits per heavy atom. The molecule has 1 aromatic heterocycles. The van der Waals surface area contributed by atoms with Crippen LogP contribution in [-0.4, -0.2) is 21.8 Å². The van der Waals surface area contributed by atoms with E-state index in [9.17, 15) is 0 Å². The van der Waals surface area contributed by atoms with Gasteiger partial charge in [0, 0.05) is 7.05 Å². The Morgan fingerprint density at radius 1 is 1.50 bits per heavy atom. The van der Waals surface area contributed by atoms with Crippen LogP contribution in [0, 0.1) is 6.92 Å². The fourth-order valence-corrected chi connectivity index (χ4v) is 1.24. The van der Waals surface area contributed by atoms with E-state index in [0.29, 0.717) is 6.04 Å². The van der Waals surface area contributed by atoms with Gasteiger partial charge in [-0.3, -0.25) is 0 Å². The van der Waals surface area contributed by atoms with Gasteiger partial charge in [-0.15, -0.1) is 10.2 Å². The summed E-state index contributed by atoms with van der Waals surface area (Å²) < 4.78 is 2.02. The summed E-state index contributed by atoms with van der Waals surface area (Å²) in [5.41, 5.74) is 0. The van der Waals surface area contributed by atoms with E-state index in [2.05, 4.69) is 22.4 Å². The van der Waals surface area contributed by atoms with Crippen LogP contribution in [0.15, 0.2) is 0 Å². The fourth-order valence-electron chi connectivity index (χ4n) is 1.24. The van der Waals surface area contributed by atoms with Gasteiger partial charge in [0.15, 0.2) is 0 Å². The van der Waals surface area contributed by atoms with Gasteiger partial charge in [0.25, 0.3) is 0 Å². The van der Waals surface area contributed by atoms with Crippen molar-refractivity contribution < 1.29 is 0 Å². The Bertz CT molecular complexity index is 250. The van der Waals surface area contributed by atoms with Crippen molar-refractivity contribution in [3.63, 3.8) is 0 Å². The van der Waals surface area contributed by atoms with E-state index in [4.69, 9.17) is 0 Å². The van der Waals surface area contributed by atoms with Gasteiger partial charge in [-0.05, 0) is 20.4 Å². The molecule has 1 unspecified atom stereocenters. The number of hydrogen-bond acceptors (Lipinski definition) is 3. The quantitative estimate of drug-likeness (QED) is 0.725. The van der Waals surface area contributed by atoms with Gasteiger partial charge >= 0.3 is 0 Å². The first-order valence-electron chi connectivity index (χ1n) is 4.23. The predicted octanol–water partition coefficient (Wildman–Crippen LogP) is 0.794. The number of nitrogens with zero attached hydrogens (tertiary/aromatic N) is 3. The standard InChI is InChI=1S/C8H16N4/c1-5-7(9-3)8-11-10-6(2)12(8)4/h7,9H,5H2,1-4H3. The molecule has 1 rings (SSSR count). The zero-order valence-corrected chi connectivity index (χ0v) is 8.13. The van der Waals surface area contributed by atoms with E-state index < -0.39 is 0 Å². The number of nitrogens with one attached hydrogen (secondary N) is 1. The van der Waals surface area contributed by atoms with Crippen LogP contribution in [0.25, 0.3) is 0 Å². The maximum atomic E-state index is 4.11. The van der Waals surface area contributed by atoms with Crippen LogP contribution in [0.2, 0.25) is 0 Å². The first-order chi connectivity index (χ1) is 5.70. The SMILES string of the molecule is CCC(NC)c1nnc(C)n1C. The smallest absolute Gasteiger partial charge is 0.149 e. The maximum absolute atomic E-state index is 4.11. The molecule has 0 spiro atoms. The summed E-state index contributed by atoms with van der Waals surface area (Å²) >= 11 is 0. The monoisotopic (exact) mass is 168 g/mol. The zero-order valence-electron chi connectivity index (χ0n) is 8.13. The third kappa shape index (κ3) is 1.48. The summed E-state index contributed by atoms with van der Waals surface area (Å²) in [6.45, 7) is 4.09. The van der Waals surface area contributed by atoms with Crippen LogP contribution < -0.4 is 5.32 Å². The highest BCUT2D eigenvalue weighted by Crippen LogP contribution is 2.12. The fraction of sp³-hybridized carbons (Fsp3) is 0.750. The van der Waals surface area contributed by atoms with Crippen LogP contribution in [0.5, 0.6) is 0 Å². The molecule has 0 radical (unpaired) electrons. The highest BCUT2D eigenvalue weighted by Gasteiger charge is 2.13. The molecule has 0 aliphatic rings. The van der Waals surface area contributed by atoms with Gasteiger partial charge in [-0.2, -0.15) is 0 Å². The Kier molecular flexibility index (Phi) is 2.81. The molecule has 4 nitrogen and oxygen atoms in total. The Hall–Kier alpha value is -0.900. The van der Waals surface area contributed by atoms with Gasteiger partial charge in [0.2, 0.25) is 0 Å². The molecule has 12 heavy (non-hydrogen) atoms. The number of hydrogen-bond donors (Lipinski definition) is 1. The molecule has 0 saturated heterocycles. The van der Waals surface area contributed by atoms with Crippen molar-refractivity contribution in [2.75, 3.05) is 7.05 Å². The molecule has 0 saturated carbocycles. The first kappa shape index (κ1) is 9.19. The number of aromatic nitrogens is 3. The molecule has 0 fully saturated rings. The molecule has 0 aliphatic heterocycles. The van der Waals surface area contributed by atoms with Crippen molar-refractivity contribution in [2.24, 2.45) is 7.05 Å². The van der Waals surface area contributed by atoms with Crippen molar-refractivity contribution in [3.05, 3.63) is 11.6 Å². The van der Waals surface area contributed by atoms with Gasteiger partial charge in [0.05, 0.1) is 6.04 Å². The molecule has 1 aromatic rings. The van der Waals surface area contributed by atoms with E-state index in [1.54, 1.807) is 0 Å². The van der Waals surface area contributed by atoms with E-state index in [0.717, 1.165) is 18.1 Å². The minimum Gasteiger partial charge on any atom is -0.317 e. The van der Waals surface area contributed by atoms with Crippen molar-refractivity contribution in [1.29, 1.82) is 0 Å². The summed E-state index contributed by atoms with van der Waals surface area (Å²) in [6, 6.07) is 0.316. The van der Waals surface area contributed by atoms with E-state index in [1.165, 1.54) is 0 Å².